The summed E-state index contributed by atoms with van der Waals surface area (Å²) in [6, 6.07) is 10.4. The van der Waals surface area contributed by atoms with Gasteiger partial charge in [-0.2, -0.15) is 0 Å². The molecule has 128 valence electrons. The van der Waals surface area contributed by atoms with Crippen molar-refractivity contribution in [3.05, 3.63) is 35.9 Å². The van der Waals surface area contributed by atoms with E-state index in [0.717, 1.165) is 58.2 Å². The topological polar surface area (TPSA) is 40.6 Å². The molecule has 3 aliphatic rings. The summed E-state index contributed by atoms with van der Waals surface area (Å²) in [5, 5.41) is 0. The Morgan fingerprint density at radius 3 is 2.21 bits per heavy atom. The molecule has 0 aromatic heterocycles. The van der Waals surface area contributed by atoms with Crippen LogP contribution in [-0.4, -0.2) is 47.3 Å². The molecular weight excluding hydrogens is 300 g/mol. The van der Waals surface area contributed by atoms with Gasteiger partial charge in [-0.25, -0.2) is 0 Å². The zero-order chi connectivity index (χ0) is 16.5. The minimum atomic E-state index is -0.189. The molecule has 0 bridgehead atoms. The van der Waals surface area contributed by atoms with E-state index in [2.05, 4.69) is 24.3 Å². The fourth-order valence-electron chi connectivity index (χ4n) is 4.22. The lowest BCUT2D eigenvalue weighted by molar-refractivity contribution is -0.145. The van der Waals surface area contributed by atoms with E-state index in [0.29, 0.717) is 5.92 Å². The van der Waals surface area contributed by atoms with Crippen LogP contribution in [0.15, 0.2) is 30.3 Å². The maximum Gasteiger partial charge on any atom is 0.245 e. The highest BCUT2D eigenvalue weighted by molar-refractivity contribution is 5.90. The summed E-state index contributed by atoms with van der Waals surface area (Å²) < 4.78 is 0. The van der Waals surface area contributed by atoms with Gasteiger partial charge in [0.05, 0.1) is 0 Å². The molecule has 0 N–H and O–H groups in total. The molecule has 4 rings (SSSR count). The molecule has 1 aliphatic carbocycles. The lowest BCUT2D eigenvalue weighted by atomic mass is 9.89. The summed E-state index contributed by atoms with van der Waals surface area (Å²) in [6.45, 7) is 2.41. The van der Waals surface area contributed by atoms with Crippen molar-refractivity contribution in [2.75, 3.05) is 19.6 Å². The Balaban J connectivity index is 1.36. The van der Waals surface area contributed by atoms with Crippen molar-refractivity contribution in [3.8, 4) is 0 Å². The lowest BCUT2D eigenvalue weighted by Gasteiger charge is -2.35. The van der Waals surface area contributed by atoms with Gasteiger partial charge in [0.25, 0.3) is 0 Å². The number of piperidine rings is 1. The molecule has 0 radical (unpaired) electrons. The molecule has 2 heterocycles. The third-order valence-electron chi connectivity index (χ3n) is 5.83. The van der Waals surface area contributed by atoms with Crippen LogP contribution in [0.4, 0.5) is 0 Å². The number of carbonyl (C=O) groups is 2. The molecule has 2 saturated heterocycles. The number of hydrogen-bond acceptors (Lipinski definition) is 2. The van der Waals surface area contributed by atoms with E-state index in [4.69, 9.17) is 0 Å². The first kappa shape index (κ1) is 15.7. The fourth-order valence-corrected chi connectivity index (χ4v) is 4.22. The van der Waals surface area contributed by atoms with E-state index in [-0.39, 0.29) is 23.8 Å². The quantitative estimate of drug-likeness (QED) is 0.857. The number of amides is 2. The smallest absolute Gasteiger partial charge is 0.245 e. The number of benzene rings is 1. The predicted molar refractivity (Wildman–Crippen MR) is 92.5 cm³/mol. The van der Waals surface area contributed by atoms with Gasteiger partial charge in [0.2, 0.25) is 11.8 Å². The molecule has 1 saturated carbocycles. The minimum absolute atomic E-state index is 0.188. The molecule has 1 aromatic rings. The third kappa shape index (κ3) is 3.06. The Kier molecular flexibility index (Phi) is 4.30. The molecule has 1 aromatic carbocycles. The standard InChI is InChI=1S/C20H26N2O2/c23-19(17-8-9-17)22-12-4-7-18(22)20(24)21-13-10-16(11-14-21)15-5-2-1-3-6-15/h1-3,5-6,16-18H,4,7-14H2. The van der Waals surface area contributed by atoms with Crippen molar-refractivity contribution in [2.45, 2.75) is 50.5 Å². The van der Waals surface area contributed by atoms with E-state index in [1.807, 2.05) is 15.9 Å². The van der Waals surface area contributed by atoms with Crippen molar-refractivity contribution in [1.29, 1.82) is 0 Å². The second kappa shape index (κ2) is 6.58. The summed E-state index contributed by atoms with van der Waals surface area (Å²) in [4.78, 5) is 29.2. The molecule has 0 spiro atoms. The van der Waals surface area contributed by atoms with E-state index in [9.17, 15) is 9.59 Å². The summed E-state index contributed by atoms with van der Waals surface area (Å²) in [7, 11) is 0. The van der Waals surface area contributed by atoms with Gasteiger partial charge in [-0.3, -0.25) is 9.59 Å². The van der Waals surface area contributed by atoms with Crippen LogP contribution < -0.4 is 0 Å². The van der Waals surface area contributed by atoms with Gasteiger partial charge in [0, 0.05) is 25.6 Å². The lowest BCUT2D eigenvalue weighted by Crippen LogP contribution is -2.50. The van der Waals surface area contributed by atoms with Crippen molar-refractivity contribution < 1.29 is 9.59 Å². The molecule has 24 heavy (non-hydrogen) atoms. The third-order valence-corrected chi connectivity index (χ3v) is 5.83. The molecule has 2 amide bonds. The second-order valence-corrected chi connectivity index (χ2v) is 7.47. The molecule has 1 atom stereocenters. The van der Waals surface area contributed by atoms with Gasteiger partial charge >= 0.3 is 0 Å². The highest BCUT2D eigenvalue weighted by Crippen LogP contribution is 2.35. The summed E-state index contributed by atoms with van der Waals surface area (Å²) in [5.41, 5.74) is 1.39. The number of hydrogen-bond donors (Lipinski definition) is 0. The van der Waals surface area contributed by atoms with E-state index >= 15 is 0 Å². The van der Waals surface area contributed by atoms with E-state index in [1.54, 1.807) is 0 Å². The summed E-state index contributed by atoms with van der Waals surface area (Å²) in [6.07, 6.45) is 5.89. The SMILES string of the molecule is O=C(C1CCCN1C(=O)C1CC1)N1CCC(c2ccccc2)CC1. The van der Waals surface area contributed by atoms with E-state index in [1.165, 1.54) is 5.56 Å². The van der Waals surface area contributed by atoms with Crippen molar-refractivity contribution in [3.63, 3.8) is 0 Å². The van der Waals surface area contributed by atoms with Gasteiger partial charge in [0.15, 0.2) is 0 Å². The van der Waals surface area contributed by atoms with Gasteiger partial charge in [-0.1, -0.05) is 30.3 Å². The molecule has 3 fully saturated rings. The number of carbonyl (C=O) groups excluding carboxylic acids is 2. The van der Waals surface area contributed by atoms with Crippen LogP contribution in [0.5, 0.6) is 0 Å². The molecule has 4 heteroatoms. The van der Waals surface area contributed by atoms with Crippen LogP contribution in [0.3, 0.4) is 0 Å². The molecule has 4 nitrogen and oxygen atoms in total. The van der Waals surface area contributed by atoms with Gasteiger partial charge in [-0.15, -0.1) is 0 Å². The average molecular weight is 326 g/mol. The van der Waals surface area contributed by atoms with Gasteiger partial charge in [0.1, 0.15) is 6.04 Å². The highest BCUT2D eigenvalue weighted by Gasteiger charge is 2.42. The number of nitrogens with zero attached hydrogens (tertiary/aromatic N) is 2. The Morgan fingerprint density at radius 1 is 0.833 bits per heavy atom. The van der Waals surface area contributed by atoms with Gasteiger partial charge < -0.3 is 9.80 Å². The van der Waals surface area contributed by atoms with Crippen LogP contribution in [-0.2, 0) is 9.59 Å². The zero-order valence-corrected chi connectivity index (χ0v) is 14.2. The molecule has 1 unspecified atom stereocenters. The maximum absolute atomic E-state index is 12.9. The van der Waals surface area contributed by atoms with Crippen molar-refractivity contribution in [2.24, 2.45) is 5.92 Å². The van der Waals surface area contributed by atoms with Crippen LogP contribution in [0.1, 0.15) is 50.0 Å². The van der Waals surface area contributed by atoms with Crippen molar-refractivity contribution in [1.82, 2.24) is 9.80 Å². The fraction of sp³-hybridized carbons (Fsp3) is 0.600. The Morgan fingerprint density at radius 2 is 1.54 bits per heavy atom. The van der Waals surface area contributed by atoms with Gasteiger partial charge in [-0.05, 0) is 50.0 Å². The zero-order valence-electron chi connectivity index (χ0n) is 14.2. The predicted octanol–water partition coefficient (Wildman–Crippen LogP) is 2.79. The minimum Gasteiger partial charge on any atom is -0.341 e. The van der Waals surface area contributed by atoms with Crippen LogP contribution in [0.25, 0.3) is 0 Å². The first-order valence-electron chi connectivity index (χ1n) is 9.38. The molecule has 2 aliphatic heterocycles. The average Bonchev–Trinajstić information content (AvgIpc) is 3.38. The number of likely N-dealkylation sites (tertiary alicyclic amines) is 2. The summed E-state index contributed by atoms with van der Waals surface area (Å²) >= 11 is 0. The Bertz CT molecular complexity index is 603. The first-order chi connectivity index (χ1) is 11.7. The Hall–Kier alpha value is -1.84. The number of rotatable bonds is 3. The van der Waals surface area contributed by atoms with E-state index < -0.39 is 0 Å². The van der Waals surface area contributed by atoms with Crippen molar-refractivity contribution >= 4 is 11.8 Å². The summed E-state index contributed by atoms with van der Waals surface area (Å²) in [5.74, 6) is 1.18. The second-order valence-electron chi connectivity index (χ2n) is 7.47. The monoisotopic (exact) mass is 326 g/mol. The Labute approximate surface area is 143 Å². The highest BCUT2D eigenvalue weighted by atomic mass is 16.2. The maximum atomic E-state index is 12.9. The van der Waals surface area contributed by atoms with Crippen LogP contribution in [0.2, 0.25) is 0 Å². The first-order valence-corrected chi connectivity index (χ1v) is 9.38. The van der Waals surface area contributed by atoms with Crippen LogP contribution in [0, 0.1) is 5.92 Å². The largest absolute Gasteiger partial charge is 0.341 e. The molecular formula is C20H26N2O2. The normalized spacial score (nSPS) is 25.1. The van der Waals surface area contributed by atoms with Crippen LogP contribution >= 0.6 is 0 Å².